The highest BCUT2D eigenvalue weighted by Gasteiger charge is 2.03. The van der Waals surface area contributed by atoms with Gasteiger partial charge in [0.1, 0.15) is 0 Å². The number of hydrogen-bond acceptors (Lipinski definition) is 2. The Morgan fingerprint density at radius 3 is 2.71 bits per heavy atom. The van der Waals surface area contributed by atoms with Gasteiger partial charge in [-0.2, -0.15) is 0 Å². The minimum absolute atomic E-state index is 0.698. The van der Waals surface area contributed by atoms with Crippen molar-refractivity contribution in [3.05, 3.63) is 36.0 Å². The molecule has 3 heteroatoms. The zero-order valence-corrected chi connectivity index (χ0v) is 13.9. The molecule has 0 radical (unpaired) electrons. The van der Waals surface area contributed by atoms with Gasteiger partial charge in [-0.25, -0.2) is 0 Å². The summed E-state index contributed by atoms with van der Waals surface area (Å²) < 4.78 is 2.38. The van der Waals surface area contributed by atoms with Crippen LogP contribution in [0.4, 0.5) is 0 Å². The van der Waals surface area contributed by atoms with Crippen LogP contribution in [0.3, 0.4) is 0 Å². The van der Waals surface area contributed by atoms with Crippen LogP contribution >= 0.6 is 0 Å². The summed E-state index contributed by atoms with van der Waals surface area (Å²) in [5, 5.41) is 4.86. The lowest BCUT2D eigenvalue weighted by Crippen LogP contribution is -2.18. The normalized spacial score (nSPS) is 11.9. The van der Waals surface area contributed by atoms with Crippen molar-refractivity contribution in [2.45, 2.75) is 33.4 Å². The second-order valence-electron chi connectivity index (χ2n) is 6.58. The van der Waals surface area contributed by atoms with E-state index in [-0.39, 0.29) is 0 Å². The molecule has 116 valence electrons. The molecule has 2 aromatic rings. The lowest BCUT2D eigenvalue weighted by atomic mass is 10.1. The number of fused-ring (bicyclic) bond motifs is 1. The highest BCUT2D eigenvalue weighted by molar-refractivity contribution is 5.80. The summed E-state index contributed by atoms with van der Waals surface area (Å²) >= 11 is 0. The lowest BCUT2D eigenvalue weighted by Gasteiger charge is -2.11. The molecular weight excluding hydrogens is 258 g/mol. The summed E-state index contributed by atoms with van der Waals surface area (Å²) in [6, 6.07) is 9.03. The van der Waals surface area contributed by atoms with Crippen LogP contribution in [0.15, 0.2) is 30.5 Å². The third-order valence-electron chi connectivity index (χ3n) is 3.72. The smallest absolute Gasteiger partial charge is 0.0483 e. The summed E-state index contributed by atoms with van der Waals surface area (Å²) in [4.78, 5) is 2.24. The molecule has 0 spiro atoms. The van der Waals surface area contributed by atoms with E-state index in [0.717, 1.165) is 26.2 Å². The summed E-state index contributed by atoms with van der Waals surface area (Å²) in [7, 11) is 4.26. The number of nitrogens with one attached hydrogen (secondary N) is 1. The number of aromatic nitrogens is 1. The molecule has 0 unspecified atom stereocenters. The number of nitrogens with zero attached hydrogens (tertiary/aromatic N) is 2. The lowest BCUT2D eigenvalue weighted by molar-refractivity contribution is 0.388. The topological polar surface area (TPSA) is 20.2 Å². The second-order valence-corrected chi connectivity index (χ2v) is 6.58. The van der Waals surface area contributed by atoms with Crippen LogP contribution in [0.5, 0.6) is 0 Å². The molecule has 1 aromatic heterocycles. The van der Waals surface area contributed by atoms with Crippen molar-refractivity contribution in [1.29, 1.82) is 0 Å². The van der Waals surface area contributed by atoms with Crippen LogP contribution in [-0.4, -0.2) is 36.7 Å². The van der Waals surface area contributed by atoms with Crippen LogP contribution < -0.4 is 5.32 Å². The highest BCUT2D eigenvalue weighted by atomic mass is 15.1. The van der Waals surface area contributed by atoms with E-state index < -0.39 is 0 Å². The van der Waals surface area contributed by atoms with Gasteiger partial charge in [-0.1, -0.05) is 26.0 Å². The maximum absolute atomic E-state index is 3.52. The van der Waals surface area contributed by atoms with E-state index in [2.05, 4.69) is 73.2 Å². The van der Waals surface area contributed by atoms with Crippen molar-refractivity contribution >= 4 is 10.9 Å². The van der Waals surface area contributed by atoms with Crippen molar-refractivity contribution in [3.8, 4) is 0 Å². The number of rotatable bonds is 8. The zero-order valence-electron chi connectivity index (χ0n) is 13.9. The molecule has 0 fully saturated rings. The molecule has 21 heavy (non-hydrogen) atoms. The molecule has 0 aliphatic rings. The first-order valence-electron chi connectivity index (χ1n) is 7.99. The highest BCUT2D eigenvalue weighted by Crippen LogP contribution is 2.18. The summed E-state index contributed by atoms with van der Waals surface area (Å²) in [6.45, 7) is 8.73. The Morgan fingerprint density at radius 2 is 2.00 bits per heavy atom. The van der Waals surface area contributed by atoms with Gasteiger partial charge in [0.05, 0.1) is 0 Å². The third kappa shape index (κ3) is 4.87. The number of benzene rings is 1. The van der Waals surface area contributed by atoms with Crippen LogP contribution in [-0.2, 0) is 13.1 Å². The molecule has 1 heterocycles. The predicted molar refractivity (Wildman–Crippen MR) is 91.7 cm³/mol. The largest absolute Gasteiger partial charge is 0.347 e. The molecular formula is C18H29N3. The number of hydrogen-bond donors (Lipinski definition) is 1. The van der Waals surface area contributed by atoms with Gasteiger partial charge in [-0.15, -0.1) is 0 Å². The Hall–Kier alpha value is -1.32. The van der Waals surface area contributed by atoms with Gasteiger partial charge in [-0.3, -0.25) is 0 Å². The SMILES string of the molecule is CC(C)CNCc1ccc2ccn(CCCN(C)C)c2c1. The monoisotopic (exact) mass is 287 g/mol. The zero-order chi connectivity index (χ0) is 15.2. The van der Waals surface area contributed by atoms with E-state index in [0.29, 0.717) is 5.92 Å². The van der Waals surface area contributed by atoms with E-state index in [1.165, 1.54) is 22.9 Å². The molecule has 1 aromatic carbocycles. The third-order valence-corrected chi connectivity index (χ3v) is 3.72. The molecule has 3 nitrogen and oxygen atoms in total. The Labute approximate surface area is 128 Å². The van der Waals surface area contributed by atoms with E-state index in [9.17, 15) is 0 Å². The standard InChI is InChI=1S/C18H29N3/c1-15(2)13-19-14-16-6-7-17-8-11-21(18(17)12-16)10-5-9-20(3)4/h6-8,11-12,15,19H,5,9-10,13-14H2,1-4H3. The molecule has 1 N–H and O–H groups in total. The Balaban J connectivity index is 2.02. The van der Waals surface area contributed by atoms with E-state index in [1.54, 1.807) is 0 Å². The molecule has 0 saturated carbocycles. The molecule has 0 aliphatic carbocycles. The average Bonchev–Trinajstić information content (AvgIpc) is 2.81. The van der Waals surface area contributed by atoms with Gasteiger partial charge in [0, 0.05) is 24.8 Å². The second kappa shape index (κ2) is 7.62. The first-order chi connectivity index (χ1) is 10.1. The van der Waals surface area contributed by atoms with Gasteiger partial charge in [0.15, 0.2) is 0 Å². The molecule has 2 rings (SSSR count). The first kappa shape index (κ1) is 16.1. The van der Waals surface area contributed by atoms with Gasteiger partial charge < -0.3 is 14.8 Å². The van der Waals surface area contributed by atoms with E-state index in [4.69, 9.17) is 0 Å². The predicted octanol–water partition coefficient (Wildman–Crippen LogP) is 3.34. The Morgan fingerprint density at radius 1 is 1.19 bits per heavy atom. The van der Waals surface area contributed by atoms with Crippen molar-refractivity contribution in [1.82, 2.24) is 14.8 Å². The Kier molecular flexibility index (Phi) is 5.83. The van der Waals surface area contributed by atoms with Crippen molar-refractivity contribution in [2.75, 3.05) is 27.2 Å². The van der Waals surface area contributed by atoms with Gasteiger partial charge in [-0.05, 0) is 62.6 Å². The summed E-state index contributed by atoms with van der Waals surface area (Å²) in [5.41, 5.74) is 2.73. The fourth-order valence-corrected chi connectivity index (χ4v) is 2.60. The summed E-state index contributed by atoms with van der Waals surface area (Å²) in [5.74, 6) is 0.698. The fourth-order valence-electron chi connectivity index (χ4n) is 2.60. The fraction of sp³-hybridized carbons (Fsp3) is 0.556. The first-order valence-corrected chi connectivity index (χ1v) is 7.99. The van der Waals surface area contributed by atoms with Gasteiger partial charge in [0.25, 0.3) is 0 Å². The minimum Gasteiger partial charge on any atom is -0.347 e. The molecule has 0 bridgehead atoms. The van der Waals surface area contributed by atoms with Crippen LogP contribution in [0, 0.1) is 5.92 Å². The molecule has 0 atom stereocenters. The van der Waals surface area contributed by atoms with Crippen LogP contribution in [0.25, 0.3) is 10.9 Å². The van der Waals surface area contributed by atoms with Gasteiger partial charge in [0.2, 0.25) is 0 Å². The quantitative estimate of drug-likeness (QED) is 0.803. The van der Waals surface area contributed by atoms with E-state index >= 15 is 0 Å². The molecule has 0 aliphatic heterocycles. The van der Waals surface area contributed by atoms with E-state index in [1.807, 2.05) is 0 Å². The van der Waals surface area contributed by atoms with Crippen LogP contribution in [0.1, 0.15) is 25.8 Å². The van der Waals surface area contributed by atoms with Crippen LogP contribution in [0.2, 0.25) is 0 Å². The van der Waals surface area contributed by atoms with Crippen molar-refractivity contribution in [2.24, 2.45) is 5.92 Å². The maximum Gasteiger partial charge on any atom is 0.0483 e. The van der Waals surface area contributed by atoms with Crippen molar-refractivity contribution in [3.63, 3.8) is 0 Å². The van der Waals surface area contributed by atoms with Gasteiger partial charge >= 0.3 is 0 Å². The van der Waals surface area contributed by atoms with Crippen molar-refractivity contribution < 1.29 is 0 Å². The minimum atomic E-state index is 0.698. The Bertz CT molecular complexity index is 555. The average molecular weight is 287 g/mol. The molecule has 0 amide bonds. The summed E-state index contributed by atoms with van der Waals surface area (Å²) in [6.07, 6.45) is 3.40. The molecule has 0 saturated heterocycles. The maximum atomic E-state index is 3.52. The number of aryl methyl sites for hydroxylation is 1.